The van der Waals surface area contributed by atoms with Gasteiger partial charge in [0, 0.05) is 10.9 Å². The van der Waals surface area contributed by atoms with Crippen LogP contribution >= 0.6 is 15.9 Å². The molecule has 6 heteroatoms. The second-order valence-electron chi connectivity index (χ2n) is 4.61. The lowest BCUT2D eigenvalue weighted by molar-refractivity contribution is -0.172. The number of Topliss-reactive ketones (excluding diaryl/α,β-unsaturated/α-hetero) is 1. The van der Waals surface area contributed by atoms with Crippen LogP contribution in [0.25, 0.3) is 0 Å². The molecule has 0 heterocycles. The number of benzene rings is 1. The molecule has 0 atom stereocenters. The first-order valence-electron chi connectivity index (χ1n) is 5.09. The van der Waals surface area contributed by atoms with Crippen molar-refractivity contribution in [3.05, 3.63) is 34.1 Å². The van der Waals surface area contributed by atoms with Gasteiger partial charge >= 0.3 is 6.18 Å². The molecule has 0 bridgehead atoms. The van der Waals surface area contributed by atoms with E-state index in [1.54, 1.807) is 0 Å². The first kappa shape index (κ1) is 15.1. The lowest BCUT2D eigenvalue weighted by Crippen LogP contribution is -2.31. The van der Waals surface area contributed by atoms with Gasteiger partial charge in [-0.3, -0.25) is 4.79 Å². The summed E-state index contributed by atoms with van der Waals surface area (Å²) in [4.78, 5) is 11.0. The van der Waals surface area contributed by atoms with Crippen molar-refractivity contribution in [1.82, 2.24) is 0 Å². The van der Waals surface area contributed by atoms with E-state index in [4.69, 9.17) is 0 Å². The molecule has 0 aliphatic rings. The van der Waals surface area contributed by atoms with E-state index in [2.05, 4.69) is 15.9 Å². The topological polar surface area (TPSA) is 17.1 Å². The summed E-state index contributed by atoms with van der Waals surface area (Å²) in [6.45, 7) is 2.94. The second-order valence-corrected chi connectivity index (χ2v) is 5.46. The van der Waals surface area contributed by atoms with Crippen LogP contribution in [0.5, 0.6) is 0 Å². The van der Waals surface area contributed by atoms with Crippen molar-refractivity contribution >= 4 is 21.7 Å². The first-order valence-corrected chi connectivity index (χ1v) is 5.89. The Balaban J connectivity index is 3.06. The Morgan fingerprint density at radius 2 is 1.83 bits per heavy atom. The molecule has 18 heavy (non-hydrogen) atoms. The van der Waals surface area contributed by atoms with Gasteiger partial charge in [-0.2, -0.15) is 13.2 Å². The molecule has 0 spiro atoms. The molecule has 0 saturated carbocycles. The molecule has 0 N–H and O–H groups in total. The lowest BCUT2D eigenvalue weighted by Gasteiger charge is -2.26. The van der Waals surface area contributed by atoms with E-state index >= 15 is 0 Å². The maximum absolute atomic E-state index is 13.1. The zero-order valence-electron chi connectivity index (χ0n) is 9.74. The van der Waals surface area contributed by atoms with Crippen LogP contribution in [0.2, 0.25) is 0 Å². The molecule has 1 rings (SSSR count). The Labute approximate surface area is 110 Å². The van der Waals surface area contributed by atoms with Crippen molar-refractivity contribution in [3.63, 3.8) is 0 Å². The molecule has 0 fully saturated rings. The molecule has 1 aromatic carbocycles. The summed E-state index contributed by atoms with van der Waals surface area (Å²) in [5.41, 5.74) is -0.770. The van der Waals surface area contributed by atoms with Gasteiger partial charge in [-0.05, 0) is 29.2 Å². The van der Waals surface area contributed by atoms with Crippen LogP contribution in [-0.2, 0) is 10.2 Å². The summed E-state index contributed by atoms with van der Waals surface area (Å²) < 4.78 is 50.3. The lowest BCUT2D eigenvalue weighted by atomic mass is 9.80. The van der Waals surface area contributed by atoms with Gasteiger partial charge in [-0.15, -0.1) is 0 Å². The van der Waals surface area contributed by atoms with Crippen LogP contribution < -0.4 is 0 Å². The van der Waals surface area contributed by atoms with Gasteiger partial charge in [-0.1, -0.05) is 29.8 Å². The minimum Gasteiger partial charge on any atom is -0.290 e. The summed E-state index contributed by atoms with van der Waals surface area (Å²) in [7, 11) is 0. The highest BCUT2D eigenvalue weighted by molar-refractivity contribution is 9.10. The predicted molar refractivity (Wildman–Crippen MR) is 62.8 cm³/mol. The van der Waals surface area contributed by atoms with Crippen LogP contribution in [0.3, 0.4) is 0 Å². The smallest absolute Gasteiger partial charge is 0.290 e. The summed E-state index contributed by atoms with van der Waals surface area (Å²) in [6, 6.07) is 3.73. The monoisotopic (exact) mass is 326 g/mol. The van der Waals surface area contributed by atoms with Crippen LogP contribution in [0.15, 0.2) is 22.7 Å². The minimum absolute atomic E-state index is 0.333. The largest absolute Gasteiger partial charge is 0.450 e. The Bertz CT molecular complexity index is 466. The van der Waals surface area contributed by atoms with Gasteiger partial charge in [0.15, 0.2) is 0 Å². The van der Waals surface area contributed by atoms with E-state index in [1.165, 1.54) is 26.0 Å². The van der Waals surface area contributed by atoms with Crippen molar-refractivity contribution in [3.8, 4) is 0 Å². The molecule has 0 aliphatic carbocycles. The summed E-state index contributed by atoms with van der Waals surface area (Å²) in [6.07, 6.45) is -5.59. The van der Waals surface area contributed by atoms with Gasteiger partial charge in [0.05, 0.1) is 0 Å². The van der Waals surface area contributed by atoms with Gasteiger partial charge in [0.1, 0.15) is 5.82 Å². The molecule has 0 unspecified atom stereocenters. The maximum Gasteiger partial charge on any atom is 0.450 e. The average molecular weight is 327 g/mol. The van der Waals surface area contributed by atoms with E-state index in [-0.39, 0.29) is 0 Å². The van der Waals surface area contributed by atoms with Gasteiger partial charge in [-0.25, -0.2) is 4.39 Å². The van der Waals surface area contributed by atoms with Gasteiger partial charge < -0.3 is 0 Å². The molecule has 0 saturated heterocycles. The van der Waals surface area contributed by atoms with E-state index in [0.29, 0.717) is 10.0 Å². The van der Waals surface area contributed by atoms with Crippen LogP contribution in [0.4, 0.5) is 17.6 Å². The average Bonchev–Trinajstić information content (AvgIpc) is 2.19. The second kappa shape index (κ2) is 4.99. The number of carbonyl (C=O) groups is 1. The highest BCUT2D eigenvalue weighted by Crippen LogP contribution is 2.35. The number of hydrogen-bond acceptors (Lipinski definition) is 1. The van der Waals surface area contributed by atoms with E-state index in [0.717, 1.165) is 6.07 Å². The fraction of sp³-hybridized carbons (Fsp3) is 0.417. The molecule has 100 valence electrons. The molecule has 0 aromatic heterocycles. The number of halogens is 5. The summed E-state index contributed by atoms with van der Waals surface area (Å²) >= 11 is 3.15. The third-order valence-corrected chi connectivity index (χ3v) is 3.27. The maximum atomic E-state index is 13.1. The Kier molecular flexibility index (Phi) is 4.20. The number of ketones is 1. The zero-order chi connectivity index (χ0) is 14.1. The molecule has 0 radical (unpaired) electrons. The summed E-state index contributed by atoms with van der Waals surface area (Å²) in [5.74, 6) is -2.37. The normalized spacial score (nSPS) is 12.6. The highest BCUT2D eigenvalue weighted by atomic mass is 79.9. The minimum atomic E-state index is -4.86. The number of hydrogen-bond donors (Lipinski definition) is 0. The number of carbonyl (C=O) groups excluding carboxylic acids is 1. The SMILES string of the molecule is CC(C)(CC(=O)C(F)(F)F)c1cc(F)ccc1Br. The fourth-order valence-corrected chi connectivity index (χ4v) is 2.40. The Morgan fingerprint density at radius 1 is 1.28 bits per heavy atom. The Hall–Kier alpha value is -0.910. The molecular formula is C12H11BrF4O. The number of rotatable bonds is 3. The standard InChI is InChI=1S/C12H11BrF4O/c1-11(2,6-10(18)12(15,16)17)8-5-7(14)3-4-9(8)13/h3-5H,6H2,1-2H3. The van der Waals surface area contributed by atoms with Crippen LogP contribution in [-0.4, -0.2) is 12.0 Å². The van der Waals surface area contributed by atoms with Crippen molar-refractivity contribution in [2.75, 3.05) is 0 Å². The van der Waals surface area contributed by atoms with Crippen LogP contribution in [0, 0.1) is 5.82 Å². The molecular weight excluding hydrogens is 316 g/mol. The zero-order valence-corrected chi connectivity index (χ0v) is 11.3. The van der Waals surface area contributed by atoms with Gasteiger partial charge in [0.25, 0.3) is 0 Å². The van der Waals surface area contributed by atoms with Crippen LogP contribution in [0.1, 0.15) is 25.8 Å². The summed E-state index contributed by atoms with van der Waals surface area (Å²) in [5, 5.41) is 0. The molecule has 0 aliphatic heterocycles. The number of alkyl halides is 3. The third-order valence-electron chi connectivity index (χ3n) is 2.58. The van der Waals surface area contributed by atoms with Crippen molar-refractivity contribution in [2.45, 2.75) is 31.9 Å². The first-order chi connectivity index (χ1) is 8.04. The quantitative estimate of drug-likeness (QED) is 0.753. The van der Waals surface area contributed by atoms with E-state index in [1.807, 2.05) is 0 Å². The van der Waals surface area contributed by atoms with Crippen molar-refractivity contribution < 1.29 is 22.4 Å². The van der Waals surface area contributed by atoms with Crippen molar-refractivity contribution in [2.24, 2.45) is 0 Å². The Morgan fingerprint density at radius 3 is 2.33 bits per heavy atom. The van der Waals surface area contributed by atoms with E-state index in [9.17, 15) is 22.4 Å². The molecule has 1 nitrogen and oxygen atoms in total. The fourth-order valence-electron chi connectivity index (χ4n) is 1.61. The molecule has 1 aromatic rings. The predicted octanol–water partition coefficient (Wildman–Crippen LogP) is 4.39. The van der Waals surface area contributed by atoms with Gasteiger partial charge in [0.2, 0.25) is 5.78 Å². The third kappa shape index (κ3) is 3.54. The highest BCUT2D eigenvalue weighted by Gasteiger charge is 2.42. The molecule has 0 amide bonds. The van der Waals surface area contributed by atoms with E-state index < -0.39 is 29.6 Å². The van der Waals surface area contributed by atoms with Crippen molar-refractivity contribution in [1.29, 1.82) is 0 Å².